The summed E-state index contributed by atoms with van der Waals surface area (Å²) in [6, 6.07) is 2.34. The topological polar surface area (TPSA) is 81.8 Å². The second-order valence-corrected chi connectivity index (χ2v) is 4.58. The number of aliphatic carboxylic acids is 1. The summed E-state index contributed by atoms with van der Waals surface area (Å²) in [7, 11) is 0. The molecule has 1 unspecified atom stereocenters. The van der Waals surface area contributed by atoms with Gasteiger partial charge in [0, 0.05) is 13.8 Å². The first kappa shape index (κ1) is 11.7. The lowest BCUT2D eigenvalue weighted by Crippen LogP contribution is -2.29. The van der Waals surface area contributed by atoms with E-state index < -0.39 is 17.8 Å². The van der Waals surface area contributed by atoms with Gasteiger partial charge < -0.3 is 20.3 Å². The molecule has 1 aliphatic rings. The Kier molecular flexibility index (Phi) is 2.50. The highest BCUT2D eigenvalue weighted by Crippen LogP contribution is 2.41. The van der Waals surface area contributed by atoms with Crippen molar-refractivity contribution in [1.82, 2.24) is 0 Å². The molecule has 0 bridgehead atoms. The van der Waals surface area contributed by atoms with Crippen molar-refractivity contribution >= 4 is 5.97 Å². The van der Waals surface area contributed by atoms with Gasteiger partial charge in [-0.2, -0.15) is 0 Å². The van der Waals surface area contributed by atoms with E-state index in [0.717, 1.165) is 5.56 Å². The fourth-order valence-electron chi connectivity index (χ4n) is 1.86. The van der Waals surface area contributed by atoms with E-state index in [1.807, 2.05) is 0 Å². The van der Waals surface area contributed by atoms with Gasteiger partial charge in [0.15, 0.2) is 11.5 Å². The lowest BCUT2D eigenvalue weighted by atomic mass is 10.0. The van der Waals surface area contributed by atoms with Crippen LogP contribution in [0.1, 0.15) is 31.0 Å². The van der Waals surface area contributed by atoms with Crippen molar-refractivity contribution in [3.05, 3.63) is 23.3 Å². The maximum atomic E-state index is 10.9. The molecule has 0 radical (unpaired) electrons. The summed E-state index contributed by atoms with van der Waals surface area (Å²) in [5.41, 5.74) is 6.92. The van der Waals surface area contributed by atoms with Gasteiger partial charge in [0.1, 0.15) is 6.04 Å². The van der Waals surface area contributed by atoms with Crippen LogP contribution < -0.4 is 15.2 Å². The maximum absolute atomic E-state index is 10.9. The molecule has 0 saturated heterocycles. The Morgan fingerprint density at radius 3 is 2.41 bits per heavy atom. The van der Waals surface area contributed by atoms with Crippen molar-refractivity contribution in [3.63, 3.8) is 0 Å². The summed E-state index contributed by atoms with van der Waals surface area (Å²) >= 11 is 0. The van der Waals surface area contributed by atoms with Crippen LogP contribution >= 0.6 is 0 Å². The Labute approximate surface area is 99.1 Å². The minimum atomic E-state index is -1.06. The Hall–Kier alpha value is -1.75. The normalized spacial score (nSPS) is 17.9. The molecule has 17 heavy (non-hydrogen) atoms. The van der Waals surface area contributed by atoms with Crippen molar-refractivity contribution in [2.24, 2.45) is 5.73 Å². The highest BCUT2D eigenvalue weighted by Gasteiger charge is 2.33. The number of rotatable bonds is 2. The minimum absolute atomic E-state index is 0.535. The fraction of sp³-hybridized carbons (Fsp3) is 0.417. The van der Waals surface area contributed by atoms with Gasteiger partial charge in [-0.25, -0.2) is 0 Å². The first-order valence-corrected chi connectivity index (χ1v) is 5.31. The molecule has 1 aromatic carbocycles. The van der Waals surface area contributed by atoms with Gasteiger partial charge in [0.2, 0.25) is 5.79 Å². The number of hydrogen-bond acceptors (Lipinski definition) is 4. The highest BCUT2D eigenvalue weighted by molar-refractivity contribution is 5.76. The lowest BCUT2D eigenvalue weighted by Gasteiger charge is -2.16. The number of benzene rings is 1. The van der Waals surface area contributed by atoms with Crippen LogP contribution in [-0.2, 0) is 4.79 Å². The Balaban J connectivity index is 2.44. The van der Waals surface area contributed by atoms with E-state index >= 15 is 0 Å². The van der Waals surface area contributed by atoms with Crippen LogP contribution in [-0.4, -0.2) is 16.9 Å². The average Bonchev–Trinajstić information content (AvgIpc) is 2.48. The van der Waals surface area contributed by atoms with Crippen LogP contribution in [0.3, 0.4) is 0 Å². The molecule has 1 atom stereocenters. The van der Waals surface area contributed by atoms with Gasteiger partial charge in [-0.15, -0.1) is 0 Å². The molecule has 1 aliphatic heterocycles. The number of carbonyl (C=O) groups is 1. The predicted octanol–water partition coefficient (Wildman–Crippen LogP) is 1.59. The highest BCUT2D eigenvalue weighted by atomic mass is 16.7. The molecule has 5 nitrogen and oxygen atoms in total. The van der Waals surface area contributed by atoms with Gasteiger partial charge >= 0.3 is 5.97 Å². The second kappa shape index (κ2) is 3.63. The Bertz CT molecular complexity index is 482. The molecule has 1 heterocycles. The average molecular weight is 237 g/mol. The first-order valence-electron chi connectivity index (χ1n) is 5.31. The summed E-state index contributed by atoms with van der Waals surface area (Å²) in [4.78, 5) is 10.9. The third-order valence-corrected chi connectivity index (χ3v) is 2.64. The minimum Gasteiger partial charge on any atom is -0.480 e. The molecule has 0 fully saturated rings. The Morgan fingerprint density at radius 1 is 1.35 bits per heavy atom. The molecule has 0 aliphatic carbocycles. The van der Waals surface area contributed by atoms with E-state index in [1.54, 1.807) is 32.9 Å². The first-order chi connectivity index (χ1) is 7.80. The summed E-state index contributed by atoms with van der Waals surface area (Å²) in [6.45, 7) is 5.38. The third kappa shape index (κ3) is 2.06. The zero-order chi connectivity index (χ0) is 12.8. The maximum Gasteiger partial charge on any atom is 0.325 e. The van der Waals surface area contributed by atoms with Crippen LogP contribution in [0, 0.1) is 6.92 Å². The number of fused-ring (bicyclic) bond motifs is 1. The lowest BCUT2D eigenvalue weighted by molar-refractivity contribution is -0.138. The standard InChI is InChI=1S/C12H15NO4/c1-6-4-8-9(17-12(2,3)16-8)5-7(6)10(13)11(14)15/h4-5,10H,13H2,1-3H3,(H,14,15). The monoisotopic (exact) mass is 237 g/mol. The quantitative estimate of drug-likeness (QED) is 0.816. The predicted molar refractivity (Wildman–Crippen MR) is 61.1 cm³/mol. The van der Waals surface area contributed by atoms with Crippen molar-refractivity contribution in [3.8, 4) is 11.5 Å². The van der Waals surface area contributed by atoms with Crippen LogP contribution in [0.4, 0.5) is 0 Å². The molecule has 3 N–H and O–H groups in total. The fourth-order valence-corrected chi connectivity index (χ4v) is 1.86. The van der Waals surface area contributed by atoms with Crippen LogP contribution in [0.2, 0.25) is 0 Å². The zero-order valence-electron chi connectivity index (χ0n) is 9.98. The largest absolute Gasteiger partial charge is 0.480 e. The van der Waals surface area contributed by atoms with Gasteiger partial charge in [0.25, 0.3) is 0 Å². The third-order valence-electron chi connectivity index (χ3n) is 2.64. The van der Waals surface area contributed by atoms with E-state index in [9.17, 15) is 4.79 Å². The van der Waals surface area contributed by atoms with Crippen LogP contribution in [0.15, 0.2) is 12.1 Å². The molecule has 1 aromatic rings. The van der Waals surface area contributed by atoms with E-state index in [0.29, 0.717) is 17.1 Å². The number of hydrogen-bond donors (Lipinski definition) is 2. The molecule has 92 valence electrons. The van der Waals surface area contributed by atoms with Gasteiger partial charge in [0.05, 0.1) is 0 Å². The molecule has 0 spiro atoms. The Morgan fingerprint density at radius 2 is 1.88 bits per heavy atom. The van der Waals surface area contributed by atoms with Crippen LogP contribution in [0.25, 0.3) is 0 Å². The van der Waals surface area contributed by atoms with Gasteiger partial charge in [-0.1, -0.05) is 0 Å². The zero-order valence-corrected chi connectivity index (χ0v) is 9.98. The van der Waals surface area contributed by atoms with Crippen molar-refractivity contribution in [2.45, 2.75) is 32.6 Å². The SMILES string of the molecule is Cc1cc2c(cc1C(N)C(=O)O)OC(C)(C)O2. The molecular formula is C12H15NO4. The van der Waals surface area contributed by atoms with E-state index in [4.69, 9.17) is 20.3 Å². The number of nitrogens with two attached hydrogens (primary N) is 1. The van der Waals surface area contributed by atoms with Gasteiger partial charge in [-0.3, -0.25) is 4.79 Å². The molecule has 2 rings (SSSR count). The smallest absolute Gasteiger partial charge is 0.325 e. The molecule has 0 amide bonds. The number of carboxylic acids is 1. The number of ether oxygens (including phenoxy) is 2. The molecule has 5 heteroatoms. The van der Waals surface area contributed by atoms with Crippen molar-refractivity contribution in [2.75, 3.05) is 0 Å². The van der Waals surface area contributed by atoms with Crippen molar-refractivity contribution in [1.29, 1.82) is 0 Å². The number of carboxylic acid groups (broad SMARTS) is 1. The van der Waals surface area contributed by atoms with E-state index in [-0.39, 0.29) is 0 Å². The molecule has 0 saturated carbocycles. The molecule has 0 aromatic heterocycles. The summed E-state index contributed by atoms with van der Waals surface area (Å²) in [6.07, 6.45) is 0. The molecular weight excluding hydrogens is 222 g/mol. The van der Waals surface area contributed by atoms with E-state index in [2.05, 4.69) is 0 Å². The number of aryl methyl sites for hydroxylation is 1. The summed E-state index contributed by atoms with van der Waals surface area (Å²) in [5.74, 6) is -0.631. The van der Waals surface area contributed by atoms with Gasteiger partial charge in [-0.05, 0) is 30.2 Å². The second-order valence-electron chi connectivity index (χ2n) is 4.58. The van der Waals surface area contributed by atoms with E-state index in [1.165, 1.54) is 0 Å². The van der Waals surface area contributed by atoms with Crippen LogP contribution in [0.5, 0.6) is 11.5 Å². The summed E-state index contributed by atoms with van der Waals surface area (Å²) in [5, 5.41) is 8.91. The summed E-state index contributed by atoms with van der Waals surface area (Å²) < 4.78 is 11.1. The van der Waals surface area contributed by atoms with Crippen molar-refractivity contribution < 1.29 is 19.4 Å².